The Morgan fingerprint density at radius 3 is 2.67 bits per heavy atom. The molecule has 1 aromatic rings. The molecule has 2 rings (SSSR count). The SMILES string of the molecule is C[C@@H]1CCC[C@@H](C)N1C(=O)CSc1nnc(N)s1. The second-order valence-electron chi connectivity index (χ2n) is 4.62. The Labute approximate surface area is 115 Å². The molecule has 2 atom stereocenters. The highest BCUT2D eigenvalue weighted by atomic mass is 32.2. The first-order valence-electron chi connectivity index (χ1n) is 6.11. The number of aromatic nitrogens is 2. The first-order valence-corrected chi connectivity index (χ1v) is 7.91. The van der Waals surface area contributed by atoms with E-state index in [2.05, 4.69) is 24.0 Å². The molecule has 1 amide bonds. The minimum atomic E-state index is 0.188. The molecule has 0 spiro atoms. The summed E-state index contributed by atoms with van der Waals surface area (Å²) in [4.78, 5) is 14.2. The Morgan fingerprint density at radius 2 is 2.11 bits per heavy atom. The molecule has 1 fully saturated rings. The van der Waals surface area contributed by atoms with E-state index in [0.29, 0.717) is 23.0 Å². The van der Waals surface area contributed by atoms with Crippen LogP contribution in [0.5, 0.6) is 0 Å². The Bertz CT molecular complexity index is 413. The summed E-state index contributed by atoms with van der Waals surface area (Å²) in [7, 11) is 0. The molecule has 0 aromatic carbocycles. The van der Waals surface area contributed by atoms with Gasteiger partial charge in [0, 0.05) is 12.1 Å². The highest BCUT2D eigenvalue weighted by molar-refractivity contribution is 8.01. The molecule has 0 radical (unpaired) electrons. The van der Waals surface area contributed by atoms with E-state index in [1.54, 1.807) is 0 Å². The van der Waals surface area contributed by atoms with Crippen LogP contribution in [0, 0.1) is 0 Å². The molecule has 0 unspecified atom stereocenters. The van der Waals surface area contributed by atoms with Gasteiger partial charge in [-0.15, -0.1) is 10.2 Å². The van der Waals surface area contributed by atoms with E-state index in [0.717, 1.165) is 17.2 Å². The zero-order valence-corrected chi connectivity index (χ0v) is 12.3. The molecule has 7 heteroatoms. The van der Waals surface area contributed by atoms with Gasteiger partial charge in [0.1, 0.15) is 0 Å². The molecular weight excluding hydrogens is 268 g/mol. The van der Waals surface area contributed by atoms with Crippen LogP contribution in [0.15, 0.2) is 4.34 Å². The van der Waals surface area contributed by atoms with Gasteiger partial charge in [0.25, 0.3) is 0 Å². The van der Waals surface area contributed by atoms with Crippen molar-refractivity contribution in [3.05, 3.63) is 0 Å². The molecule has 0 aliphatic carbocycles. The maximum atomic E-state index is 12.2. The van der Waals surface area contributed by atoms with E-state index in [4.69, 9.17) is 5.73 Å². The van der Waals surface area contributed by atoms with Crippen LogP contribution in [0.1, 0.15) is 33.1 Å². The predicted octanol–water partition coefficient (Wildman–Crippen LogP) is 2.00. The molecular formula is C11H18N4OS2. The Morgan fingerprint density at radius 1 is 1.44 bits per heavy atom. The van der Waals surface area contributed by atoms with Gasteiger partial charge in [-0.2, -0.15) is 0 Å². The van der Waals surface area contributed by atoms with E-state index in [9.17, 15) is 4.79 Å². The smallest absolute Gasteiger partial charge is 0.233 e. The van der Waals surface area contributed by atoms with E-state index >= 15 is 0 Å². The lowest BCUT2D eigenvalue weighted by atomic mass is 9.98. The van der Waals surface area contributed by atoms with E-state index in [1.807, 2.05) is 4.90 Å². The van der Waals surface area contributed by atoms with Crippen molar-refractivity contribution in [3.8, 4) is 0 Å². The molecule has 2 heterocycles. The number of amides is 1. The molecule has 1 aromatic heterocycles. The molecule has 100 valence electrons. The maximum absolute atomic E-state index is 12.2. The van der Waals surface area contributed by atoms with Crippen LogP contribution in [-0.4, -0.2) is 38.8 Å². The van der Waals surface area contributed by atoms with Crippen molar-refractivity contribution in [1.82, 2.24) is 15.1 Å². The average Bonchev–Trinajstić information content (AvgIpc) is 2.72. The van der Waals surface area contributed by atoms with Crippen molar-refractivity contribution in [2.45, 2.75) is 49.5 Å². The lowest BCUT2D eigenvalue weighted by Gasteiger charge is -2.39. The predicted molar refractivity (Wildman–Crippen MR) is 74.7 cm³/mol. The molecule has 1 saturated heterocycles. The molecule has 18 heavy (non-hydrogen) atoms. The van der Waals surface area contributed by atoms with Gasteiger partial charge >= 0.3 is 0 Å². The highest BCUT2D eigenvalue weighted by Crippen LogP contribution is 2.27. The molecule has 0 saturated carbocycles. The first kappa shape index (κ1) is 13.6. The minimum Gasteiger partial charge on any atom is -0.374 e. The summed E-state index contributed by atoms with van der Waals surface area (Å²) in [6.07, 6.45) is 3.42. The largest absolute Gasteiger partial charge is 0.374 e. The summed E-state index contributed by atoms with van der Waals surface area (Å²) in [5.41, 5.74) is 5.51. The summed E-state index contributed by atoms with van der Waals surface area (Å²) in [5.74, 6) is 0.608. The van der Waals surface area contributed by atoms with Crippen molar-refractivity contribution in [3.63, 3.8) is 0 Å². The third kappa shape index (κ3) is 3.14. The van der Waals surface area contributed by atoms with Crippen LogP contribution >= 0.6 is 23.1 Å². The fourth-order valence-corrected chi connectivity index (χ4v) is 3.90. The third-order valence-electron chi connectivity index (χ3n) is 3.22. The number of carbonyl (C=O) groups is 1. The normalized spacial score (nSPS) is 24.2. The Hall–Kier alpha value is -0.820. The number of thioether (sulfide) groups is 1. The van der Waals surface area contributed by atoms with Gasteiger partial charge in [0.05, 0.1) is 5.75 Å². The van der Waals surface area contributed by atoms with Crippen molar-refractivity contribution in [1.29, 1.82) is 0 Å². The number of likely N-dealkylation sites (tertiary alicyclic amines) is 1. The average molecular weight is 286 g/mol. The topological polar surface area (TPSA) is 72.1 Å². The molecule has 5 nitrogen and oxygen atoms in total. The van der Waals surface area contributed by atoms with Crippen LogP contribution in [0.25, 0.3) is 0 Å². The zero-order valence-electron chi connectivity index (χ0n) is 10.6. The molecule has 0 bridgehead atoms. The van der Waals surface area contributed by atoms with Crippen molar-refractivity contribution >= 4 is 34.1 Å². The maximum Gasteiger partial charge on any atom is 0.233 e. The summed E-state index contributed by atoms with van der Waals surface area (Å²) >= 11 is 2.75. The van der Waals surface area contributed by atoms with Gasteiger partial charge in [0.2, 0.25) is 11.0 Å². The van der Waals surface area contributed by atoms with Crippen LogP contribution < -0.4 is 5.73 Å². The van der Waals surface area contributed by atoms with Crippen LogP contribution in [0.4, 0.5) is 5.13 Å². The third-order valence-corrected chi connectivity index (χ3v) is 5.09. The number of hydrogen-bond acceptors (Lipinski definition) is 6. The van der Waals surface area contributed by atoms with Crippen LogP contribution in [0.2, 0.25) is 0 Å². The molecule has 1 aliphatic rings. The number of rotatable bonds is 3. The number of piperidine rings is 1. The Balaban J connectivity index is 1.90. The minimum absolute atomic E-state index is 0.188. The van der Waals surface area contributed by atoms with E-state index in [1.165, 1.54) is 29.5 Å². The van der Waals surface area contributed by atoms with Crippen LogP contribution in [0.3, 0.4) is 0 Å². The van der Waals surface area contributed by atoms with Gasteiger partial charge in [-0.1, -0.05) is 23.1 Å². The number of nitrogens with two attached hydrogens (primary N) is 1. The van der Waals surface area contributed by atoms with Crippen molar-refractivity contribution in [2.75, 3.05) is 11.5 Å². The number of nitrogen functional groups attached to an aromatic ring is 1. The first-order chi connectivity index (χ1) is 8.58. The Kier molecular flexibility index (Phi) is 4.45. The number of anilines is 1. The quantitative estimate of drug-likeness (QED) is 0.860. The van der Waals surface area contributed by atoms with Gasteiger partial charge in [-0.25, -0.2) is 0 Å². The summed E-state index contributed by atoms with van der Waals surface area (Å²) < 4.78 is 0.762. The summed E-state index contributed by atoms with van der Waals surface area (Å²) in [5, 5.41) is 8.09. The second kappa shape index (κ2) is 5.88. The monoisotopic (exact) mass is 286 g/mol. The van der Waals surface area contributed by atoms with Crippen molar-refractivity contribution < 1.29 is 4.79 Å². The molecule has 2 N–H and O–H groups in total. The zero-order chi connectivity index (χ0) is 13.1. The van der Waals surface area contributed by atoms with Gasteiger partial charge in [-0.3, -0.25) is 4.79 Å². The van der Waals surface area contributed by atoms with E-state index in [-0.39, 0.29) is 5.91 Å². The van der Waals surface area contributed by atoms with Crippen LogP contribution in [-0.2, 0) is 4.79 Å². The molecule has 1 aliphatic heterocycles. The number of hydrogen-bond donors (Lipinski definition) is 1. The lowest BCUT2D eigenvalue weighted by molar-refractivity contribution is -0.134. The summed E-state index contributed by atoms with van der Waals surface area (Å²) in [6, 6.07) is 0.697. The van der Waals surface area contributed by atoms with Gasteiger partial charge in [0.15, 0.2) is 4.34 Å². The standard InChI is InChI=1S/C11H18N4OS2/c1-7-4-3-5-8(2)15(7)9(16)6-17-11-14-13-10(12)18-11/h7-8H,3-6H2,1-2H3,(H2,12,13)/t7-,8-/m1/s1. The summed E-state index contributed by atoms with van der Waals surface area (Å²) in [6.45, 7) is 4.25. The number of carbonyl (C=O) groups excluding carboxylic acids is 1. The second-order valence-corrected chi connectivity index (χ2v) is 6.86. The fourth-order valence-electron chi connectivity index (χ4n) is 2.39. The highest BCUT2D eigenvalue weighted by Gasteiger charge is 2.28. The van der Waals surface area contributed by atoms with Gasteiger partial charge in [-0.05, 0) is 33.1 Å². The fraction of sp³-hybridized carbons (Fsp3) is 0.727. The van der Waals surface area contributed by atoms with Gasteiger partial charge < -0.3 is 10.6 Å². The lowest BCUT2D eigenvalue weighted by Crippen LogP contribution is -2.48. The van der Waals surface area contributed by atoms with E-state index < -0.39 is 0 Å². The number of nitrogens with zero attached hydrogens (tertiary/aromatic N) is 3. The van der Waals surface area contributed by atoms with Crippen molar-refractivity contribution in [2.24, 2.45) is 0 Å².